The second-order valence-electron chi connectivity index (χ2n) is 4.65. The molecule has 0 amide bonds. The second kappa shape index (κ2) is 7.21. The zero-order chi connectivity index (χ0) is 15.9. The number of carbonyl (C=O) groups excluding carboxylic acids is 1. The van der Waals surface area contributed by atoms with Gasteiger partial charge in [0.2, 0.25) is 0 Å². The molecule has 2 aromatic rings. The maximum Gasteiger partial charge on any atom is 0.374 e. The summed E-state index contributed by atoms with van der Waals surface area (Å²) in [5.41, 5.74) is 7.28. The van der Waals surface area contributed by atoms with E-state index < -0.39 is 12.1 Å². The summed E-state index contributed by atoms with van der Waals surface area (Å²) in [6.07, 6.45) is 2.35. The molecule has 0 spiro atoms. The van der Waals surface area contributed by atoms with E-state index in [1.54, 1.807) is 37.5 Å². The fraction of sp³-hybridized carbons (Fsp3) is 0.188. The number of pyridine rings is 1. The third-order valence-electron chi connectivity index (χ3n) is 2.94. The summed E-state index contributed by atoms with van der Waals surface area (Å²) in [6.45, 7) is 3.49. The molecule has 0 saturated carbocycles. The van der Waals surface area contributed by atoms with Crippen LogP contribution in [0.1, 0.15) is 18.1 Å². The zero-order valence-electron chi connectivity index (χ0n) is 12.4. The lowest BCUT2D eigenvalue weighted by atomic mass is 10.2. The maximum atomic E-state index is 11.9. The molecule has 22 heavy (non-hydrogen) atoms. The van der Waals surface area contributed by atoms with Crippen molar-refractivity contribution in [2.75, 3.05) is 0 Å². The van der Waals surface area contributed by atoms with Gasteiger partial charge in [0.15, 0.2) is 11.9 Å². The van der Waals surface area contributed by atoms with E-state index >= 15 is 0 Å². The van der Waals surface area contributed by atoms with Crippen molar-refractivity contribution in [1.82, 2.24) is 4.98 Å². The highest BCUT2D eigenvalue weighted by Gasteiger charge is 2.17. The summed E-state index contributed by atoms with van der Waals surface area (Å²) in [4.78, 5) is 20.6. The first-order valence-corrected chi connectivity index (χ1v) is 6.75. The Hall–Kier alpha value is -2.89. The molecule has 0 radical (unpaired) electrons. The first-order chi connectivity index (χ1) is 10.6. The SMILES string of the molecule is Cc1ccccc1O[C@H](C)C(=O)O/N=C(/N)c1ccncc1. The number of hydrogen-bond acceptors (Lipinski definition) is 5. The summed E-state index contributed by atoms with van der Waals surface area (Å²) in [7, 11) is 0. The van der Waals surface area contributed by atoms with E-state index in [0.29, 0.717) is 11.3 Å². The molecule has 0 aliphatic carbocycles. The van der Waals surface area contributed by atoms with E-state index in [0.717, 1.165) is 5.56 Å². The largest absolute Gasteiger partial charge is 0.479 e. The average molecular weight is 299 g/mol. The summed E-state index contributed by atoms with van der Waals surface area (Å²) in [5, 5.41) is 3.62. The topological polar surface area (TPSA) is 86.8 Å². The lowest BCUT2D eigenvalue weighted by molar-refractivity contribution is -0.151. The quantitative estimate of drug-likeness (QED) is 0.395. The predicted octanol–water partition coefficient (Wildman–Crippen LogP) is 2.02. The van der Waals surface area contributed by atoms with Crippen molar-refractivity contribution >= 4 is 11.8 Å². The van der Waals surface area contributed by atoms with E-state index in [1.165, 1.54) is 0 Å². The fourth-order valence-corrected chi connectivity index (χ4v) is 1.67. The fourth-order valence-electron chi connectivity index (χ4n) is 1.67. The Balaban J connectivity index is 1.96. The van der Waals surface area contributed by atoms with Crippen molar-refractivity contribution in [1.29, 1.82) is 0 Å². The number of nitrogens with zero attached hydrogens (tertiary/aromatic N) is 2. The molecule has 0 aliphatic heterocycles. The molecule has 6 heteroatoms. The molecular weight excluding hydrogens is 282 g/mol. The van der Waals surface area contributed by atoms with Crippen LogP contribution in [-0.4, -0.2) is 22.9 Å². The van der Waals surface area contributed by atoms with Crippen LogP contribution < -0.4 is 10.5 Å². The number of nitrogens with two attached hydrogens (primary N) is 1. The van der Waals surface area contributed by atoms with E-state index in [9.17, 15) is 4.79 Å². The van der Waals surface area contributed by atoms with Gasteiger partial charge in [-0.1, -0.05) is 23.4 Å². The lowest BCUT2D eigenvalue weighted by Gasteiger charge is -2.13. The van der Waals surface area contributed by atoms with E-state index in [2.05, 4.69) is 10.1 Å². The Labute approximate surface area is 128 Å². The Bertz CT molecular complexity index is 671. The molecule has 114 valence electrons. The number of rotatable bonds is 5. The standard InChI is InChI=1S/C16H17N3O3/c1-11-5-3-4-6-14(11)21-12(2)16(20)22-19-15(17)13-7-9-18-10-8-13/h3-10,12H,1-2H3,(H2,17,19)/t12-/m1/s1. The average Bonchev–Trinajstić information content (AvgIpc) is 2.55. The van der Waals surface area contributed by atoms with Gasteiger partial charge in [-0.15, -0.1) is 0 Å². The van der Waals surface area contributed by atoms with Crippen molar-refractivity contribution in [3.05, 3.63) is 59.9 Å². The molecule has 1 aromatic heterocycles. The third-order valence-corrected chi connectivity index (χ3v) is 2.94. The number of hydrogen-bond donors (Lipinski definition) is 1. The van der Waals surface area contributed by atoms with Crippen molar-refractivity contribution in [2.45, 2.75) is 20.0 Å². The van der Waals surface area contributed by atoms with Gasteiger partial charge in [-0.2, -0.15) is 0 Å². The van der Waals surface area contributed by atoms with E-state index in [4.69, 9.17) is 15.3 Å². The second-order valence-corrected chi connectivity index (χ2v) is 4.65. The number of aryl methyl sites for hydroxylation is 1. The van der Waals surface area contributed by atoms with Crippen LogP contribution in [0.5, 0.6) is 5.75 Å². The zero-order valence-corrected chi connectivity index (χ0v) is 12.4. The van der Waals surface area contributed by atoms with Crippen LogP contribution >= 0.6 is 0 Å². The van der Waals surface area contributed by atoms with Crippen LogP contribution in [0.15, 0.2) is 53.9 Å². The van der Waals surface area contributed by atoms with E-state index in [-0.39, 0.29) is 5.84 Å². The molecule has 0 unspecified atom stereocenters. The molecule has 6 nitrogen and oxygen atoms in total. The highest BCUT2D eigenvalue weighted by Crippen LogP contribution is 2.18. The Morgan fingerprint density at radius 2 is 1.91 bits per heavy atom. The van der Waals surface area contributed by atoms with Gasteiger partial charge in [0.1, 0.15) is 5.75 Å². The molecule has 1 heterocycles. The van der Waals surface area contributed by atoms with Crippen molar-refractivity contribution in [3.8, 4) is 5.75 Å². The van der Waals surface area contributed by atoms with Crippen LogP contribution in [0.4, 0.5) is 0 Å². The minimum absolute atomic E-state index is 0.0961. The van der Waals surface area contributed by atoms with Crippen molar-refractivity contribution in [3.63, 3.8) is 0 Å². The monoisotopic (exact) mass is 299 g/mol. The predicted molar refractivity (Wildman–Crippen MR) is 82.3 cm³/mol. The molecule has 0 bridgehead atoms. The highest BCUT2D eigenvalue weighted by molar-refractivity contribution is 5.97. The van der Waals surface area contributed by atoms with Gasteiger partial charge in [0, 0.05) is 18.0 Å². The molecule has 0 aliphatic rings. The number of benzene rings is 1. The van der Waals surface area contributed by atoms with Gasteiger partial charge in [0.25, 0.3) is 0 Å². The summed E-state index contributed by atoms with van der Waals surface area (Å²) < 4.78 is 5.55. The number of amidine groups is 1. The Kier molecular flexibility index (Phi) is 5.08. The van der Waals surface area contributed by atoms with Crippen LogP contribution in [0.2, 0.25) is 0 Å². The maximum absolute atomic E-state index is 11.9. The van der Waals surface area contributed by atoms with Gasteiger partial charge in [0.05, 0.1) is 0 Å². The van der Waals surface area contributed by atoms with Crippen LogP contribution in [-0.2, 0) is 9.63 Å². The van der Waals surface area contributed by atoms with Gasteiger partial charge in [-0.25, -0.2) is 4.79 Å². The summed E-state index contributed by atoms with van der Waals surface area (Å²) in [5.74, 6) is 0.0946. The molecule has 2 N–H and O–H groups in total. The smallest absolute Gasteiger partial charge is 0.374 e. The molecule has 2 rings (SSSR count). The van der Waals surface area contributed by atoms with Gasteiger partial charge in [-0.3, -0.25) is 4.98 Å². The number of oxime groups is 1. The van der Waals surface area contributed by atoms with Crippen molar-refractivity contribution in [2.24, 2.45) is 10.9 Å². The normalized spacial score (nSPS) is 12.5. The van der Waals surface area contributed by atoms with Crippen molar-refractivity contribution < 1.29 is 14.4 Å². The van der Waals surface area contributed by atoms with Gasteiger partial charge >= 0.3 is 5.97 Å². The van der Waals surface area contributed by atoms with Gasteiger partial charge in [-0.05, 0) is 37.6 Å². The molecular formula is C16H17N3O3. The highest BCUT2D eigenvalue weighted by atomic mass is 16.7. The Morgan fingerprint density at radius 3 is 2.59 bits per heavy atom. The summed E-state index contributed by atoms with van der Waals surface area (Å²) in [6, 6.07) is 10.7. The first-order valence-electron chi connectivity index (χ1n) is 6.75. The number of carbonyl (C=O) groups is 1. The molecule has 1 atom stereocenters. The number of aromatic nitrogens is 1. The Morgan fingerprint density at radius 1 is 1.23 bits per heavy atom. The van der Waals surface area contributed by atoms with Crippen LogP contribution in [0, 0.1) is 6.92 Å². The lowest BCUT2D eigenvalue weighted by Crippen LogP contribution is -2.26. The first kappa shape index (κ1) is 15.5. The third kappa shape index (κ3) is 4.05. The van der Waals surface area contributed by atoms with Crippen LogP contribution in [0.3, 0.4) is 0 Å². The minimum Gasteiger partial charge on any atom is -0.479 e. The van der Waals surface area contributed by atoms with Gasteiger partial charge < -0.3 is 15.3 Å². The van der Waals surface area contributed by atoms with Crippen LogP contribution in [0.25, 0.3) is 0 Å². The minimum atomic E-state index is -0.796. The molecule has 0 saturated heterocycles. The van der Waals surface area contributed by atoms with E-state index in [1.807, 2.05) is 25.1 Å². The molecule has 0 fully saturated rings. The molecule has 1 aromatic carbocycles. The number of para-hydroxylation sites is 1. The number of ether oxygens (including phenoxy) is 1. The summed E-state index contributed by atoms with van der Waals surface area (Å²) >= 11 is 0.